The van der Waals surface area contributed by atoms with Crippen molar-refractivity contribution >= 4 is 19.7 Å². The minimum absolute atomic E-state index is 0.145. The van der Waals surface area contributed by atoms with Gasteiger partial charge in [-0.3, -0.25) is 0 Å². The maximum Gasteiger partial charge on any atom is 0.500 e. The minimum atomic E-state index is -2.53. The third-order valence-electron chi connectivity index (χ3n) is 4.85. The van der Waals surface area contributed by atoms with E-state index in [0.717, 1.165) is 18.2 Å². The maximum absolute atomic E-state index is 5.94. The molecule has 0 spiro atoms. The van der Waals surface area contributed by atoms with E-state index in [1.807, 2.05) is 0 Å². The number of benzene rings is 3. The van der Waals surface area contributed by atoms with E-state index < -0.39 is 8.80 Å². The lowest BCUT2D eigenvalue weighted by Gasteiger charge is -2.24. The molecule has 0 bridgehead atoms. The molecule has 0 fully saturated rings. The van der Waals surface area contributed by atoms with Crippen molar-refractivity contribution in [2.75, 3.05) is 27.9 Å². The molecule has 4 nitrogen and oxygen atoms in total. The number of hydrogen-bond donors (Lipinski definition) is 0. The fraction of sp³-hybridized carbons (Fsp3) is 0.250. The minimum Gasteiger partial charge on any atom is -0.494 e. The van der Waals surface area contributed by atoms with Crippen LogP contribution in [0.25, 0.3) is 0 Å². The molecule has 0 N–H and O–H groups in total. The molecule has 3 aromatic carbocycles. The van der Waals surface area contributed by atoms with Gasteiger partial charge in [-0.25, -0.2) is 0 Å². The van der Waals surface area contributed by atoms with Crippen LogP contribution in [0.3, 0.4) is 0 Å². The summed E-state index contributed by atoms with van der Waals surface area (Å²) in [6.45, 7) is 0.591. The number of rotatable bonds is 11. The summed E-state index contributed by atoms with van der Waals surface area (Å²) in [4.78, 5) is 3.87. The Kier molecular flexibility index (Phi) is 8.54. The second-order valence-electron chi connectivity index (χ2n) is 6.65. The second kappa shape index (κ2) is 11.3. The van der Waals surface area contributed by atoms with E-state index in [4.69, 9.17) is 18.0 Å². The van der Waals surface area contributed by atoms with Crippen LogP contribution in [-0.2, 0) is 24.2 Å². The van der Waals surface area contributed by atoms with Gasteiger partial charge in [-0.05, 0) is 55.0 Å². The van der Waals surface area contributed by atoms with Gasteiger partial charge in [0.15, 0.2) is 14.7 Å². The summed E-state index contributed by atoms with van der Waals surface area (Å²) in [7, 11) is 2.22. The first-order chi connectivity index (χ1) is 14.7. The van der Waals surface area contributed by atoms with Crippen molar-refractivity contribution in [2.24, 2.45) is 0 Å². The van der Waals surface area contributed by atoms with Crippen LogP contribution in [0.5, 0.6) is 5.75 Å². The van der Waals surface area contributed by atoms with E-state index in [1.54, 1.807) is 21.3 Å². The molecule has 0 radical (unpaired) electrons. The predicted octanol–water partition coefficient (Wildman–Crippen LogP) is 5.43. The molecule has 3 aromatic rings. The van der Waals surface area contributed by atoms with E-state index in [9.17, 15) is 0 Å². The van der Waals surface area contributed by atoms with Crippen molar-refractivity contribution in [1.29, 1.82) is 0 Å². The number of hydrogen-bond acceptors (Lipinski definition) is 4. The summed E-state index contributed by atoms with van der Waals surface area (Å²) in [6, 6.07) is 30.4. The second-order valence-corrected chi connectivity index (χ2v) is 11.8. The van der Waals surface area contributed by atoms with E-state index >= 15 is 0 Å². The molecule has 0 aliphatic heterocycles. The molecule has 3 rings (SSSR count). The van der Waals surface area contributed by atoms with Crippen molar-refractivity contribution in [3.05, 3.63) is 84.9 Å². The molecular formula is C24H29O4SSi+. The first-order valence-corrected chi connectivity index (χ1v) is 13.1. The van der Waals surface area contributed by atoms with Crippen LogP contribution < -0.4 is 4.74 Å². The smallest absolute Gasteiger partial charge is 0.494 e. The van der Waals surface area contributed by atoms with E-state index in [2.05, 4.69) is 84.9 Å². The lowest BCUT2D eigenvalue weighted by atomic mass is 10.3. The van der Waals surface area contributed by atoms with Crippen LogP contribution in [0.1, 0.15) is 6.42 Å². The highest BCUT2D eigenvalue weighted by Gasteiger charge is 2.37. The summed E-state index contributed by atoms with van der Waals surface area (Å²) < 4.78 is 22.3. The van der Waals surface area contributed by atoms with Gasteiger partial charge in [0.2, 0.25) is 0 Å². The molecule has 0 aliphatic carbocycles. The highest BCUT2D eigenvalue weighted by Crippen LogP contribution is 2.32. The van der Waals surface area contributed by atoms with Gasteiger partial charge in [-0.2, -0.15) is 0 Å². The zero-order valence-electron chi connectivity index (χ0n) is 17.7. The Labute approximate surface area is 183 Å². The fourth-order valence-corrected chi connectivity index (χ4v) is 7.00. The summed E-state index contributed by atoms with van der Waals surface area (Å²) in [5.74, 6) is 0.864. The van der Waals surface area contributed by atoms with Crippen molar-refractivity contribution in [3.8, 4) is 5.75 Å². The Morgan fingerprint density at radius 2 is 1.10 bits per heavy atom. The van der Waals surface area contributed by atoms with Crippen LogP contribution in [-0.4, -0.2) is 36.7 Å². The monoisotopic (exact) mass is 441 g/mol. The molecule has 6 heteroatoms. The summed E-state index contributed by atoms with van der Waals surface area (Å²) >= 11 is 0. The van der Waals surface area contributed by atoms with Crippen molar-refractivity contribution in [3.63, 3.8) is 0 Å². The first-order valence-electron chi connectivity index (χ1n) is 9.94. The molecule has 0 atom stereocenters. The van der Waals surface area contributed by atoms with Gasteiger partial charge in [-0.15, -0.1) is 0 Å². The third-order valence-corrected chi connectivity index (χ3v) is 9.91. The van der Waals surface area contributed by atoms with Gasteiger partial charge in [0.25, 0.3) is 0 Å². The molecule has 0 saturated heterocycles. The van der Waals surface area contributed by atoms with Crippen molar-refractivity contribution in [1.82, 2.24) is 0 Å². The average Bonchev–Trinajstić information content (AvgIpc) is 2.82. The molecule has 158 valence electrons. The van der Waals surface area contributed by atoms with Crippen LogP contribution in [0.2, 0.25) is 6.04 Å². The van der Waals surface area contributed by atoms with Gasteiger partial charge in [0.05, 0.1) is 17.5 Å². The topological polar surface area (TPSA) is 36.9 Å². The van der Waals surface area contributed by atoms with Crippen LogP contribution in [0, 0.1) is 0 Å². The first kappa shape index (κ1) is 22.6. The SMILES string of the molecule is CO[Si](CCCOc1ccc([S+](c2ccccc2)c2ccccc2)cc1)(OC)OC. The summed E-state index contributed by atoms with van der Waals surface area (Å²) in [5.41, 5.74) is 0. The molecule has 30 heavy (non-hydrogen) atoms. The summed E-state index contributed by atoms with van der Waals surface area (Å²) in [6.07, 6.45) is 0.807. The molecular weight excluding hydrogens is 412 g/mol. The van der Waals surface area contributed by atoms with Gasteiger partial charge in [0.1, 0.15) is 5.75 Å². The molecule has 0 saturated carbocycles. The van der Waals surface area contributed by atoms with Crippen LogP contribution >= 0.6 is 0 Å². The van der Waals surface area contributed by atoms with Gasteiger partial charge < -0.3 is 18.0 Å². The molecule has 0 aliphatic rings. The van der Waals surface area contributed by atoms with Gasteiger partial charge >= 0.3 is 8.80 Å². The standard InChI is InChI=1S/C24H29O4SSi/c1-25-30(26-2,27-3)20-10-19-28-21-15-17-24(18-16-21)29(22-11-6-4-7-12-22)23-13-8-5-9-14-23/h4-9,11-18H,10,19-20H2,1-3H3/q+1. The van der Waals surface area contributed by atoms with Gasteiger partial charge in [0, 0.05) is 27.4 Å². The third kappa shape index (κ3) is 5.74. The fourth-order valence-electron chi connectivity index (χ4n) is 3.23. The van der Waals surface area contributed by atoms with E-state index in [0.29, 0.717) is 6.61 Å². The van der Waals surface area contributed by atoms with Crippen LogP contribution in [0.4, 0.5) is 0 Å². The highest BCUT2D eigenvalue weighted by atomic mass is 32.2. The highest BCUT2D eigenvalue weighted by molar-refractivity contribution is 7.97. The van der Waals surface area contributed by atoms with E-state index in [-0.39, 0.29) is 10.9 Å². The quantitative estimate of drug-likeness (QED) is 0.226. The largest absolute Gasteiger partial charge is 0.500 e. The zero-order valence-corrected chi connectivity index (χ0v) is 19.6. The maximum atomic E-state index is 5.94. The van der Waals surface area contributed by atoms with Gasteiger partial charge in [-0.1, -0.05) is 36.4 Å². The average molecular weight is 442 g/mol. The Hall–Kier alpha value is -2.09. The predicted molar refractivity (Wildman–Crippen MR) is 123 cm³/mol. The zero-order chi connectivity index (χ0) is 21.2. The Morgan fingerprint density at radius 3 is 1.57 bits per heavy atom. The Bertz CT molecular complexity index is 823. The Balaban J connectivity index is 1.67. The lowest BCUT2D eigenvalue weighted by molar-refractivity contribution is 0.121. The summed E-state index contributed by atoms with van der Waals surface area (Å²) in [5, 5.41) is 0. The molecule has 0 amide bonds. The van der Waals surface area contributed by atoms with Crippen molar-refractivity contribution in [2.45, 2.75) is 27.2 Å². The lowest BCUT2D eigenvalue weighted by Crippen LogP contribution is -2.42. The Morgan fingerprint density at radius 1 is 0.633 bits per heavy atom. The molecule has 0 heterocycles. The van der Waals surface area contributed by atoms with Crippen LogP contribution in [0.15, 0.2) is 99.6 Å². The normalized spacial score (nSPS) is 11.6. The molecule has 0 aromatic heterocycles. The van der Waals surface area contributed by atoms with E-state index in [1.165, 1.54) is 14.7 Å². The van der Waals surface area contributed by atoms with Crippen molar-refractivity contribution < 1.29 is 18.0 Å². The number of ether oxygens (including phenoxy) is 1. The molecule has 0 unspecified atom stereocenters.